The number of unbranched alkanes of at least 4 members (excludes halogenated alkanes) is 16. The summed E-state index contributed by atoms with van der Waals surface area (Å²) in [6.45, 7) is 13.3. The standard InChI is InChI=1S/C57H76N2O3S/c1-6-7-8-9-10-11-12-13-14-15-16-17-18-19-23-30-43-58-50-41-39-46-33-26-28-35-48(46)54(50)56(2,3)52(58)37-24-21-20-22-25-38-53-57(4,5)55-49-36-29-27-34-47(49)40-42-51(55)59(53)44-31-32-45-63(60,61)62/h20-22,24-29,33-42H,6-19,23,30-32,43-45H2,1-5H3/p+1. The van der Waals surface area contributed by atoms with Gasteiger partial charge >= 0.3 is 0 Å². The van der Waals surface area contributed by atoms with Gasteiger partial charge in [-0.1, -0.05) is 202 Å². The first kappa shape index (κ1) is 48.2. The molecule has 5 nitrogen and oxygen atoms in total. The van der Waals surface area contributed by atoms with E-state index in [1.54, 1.807) is 0 Å². The second kappa shape index (κ2) is 23.1. The molecule has 2 aliphatic rings. The van der Waals surface area contributed by atoms with Gasteiger partial charge in [0.25, 0.3) is 10.1 Å². The van der Waals surface area contributed by atoms with Gasteiger partial charge in [-0.25, -0.2) is 0 Å². The maximum absolute atomic E-state index is 11.5. The summed E-state index contributed by atoms with van der Waals surface area (Å²) in [6.07, 6.45) is 38.3. The third-order valence-corrected chi connectivity index (χ3v) is 14.5. The van der Waals surface area contributed by atoms with Gasteiger partial charge in [0, 0.05) is 47.5 Å². The van der Waals surface area contributed by atoms with Crippen molar-refractivity contribution in [3.05, 3.63) is 132 Å². The van der Waals surface area contributed by atoms with Crippen molar-refractivity contribution in [2.24, 2.45) is 0 Å². The molecule has 0 saturated heterocycles. The first-order valence-electron chi connectivity index (χ1n) is 24.6. The highest BCUT2D eigenvalue weighted by Gasteiger charge is 2.45. The summed E-state index contributed by atoms with van der Waals surface area (Å²) in [6, 6.07) is 26.4. The minimum atomic E-state index is -3.99. The van der Waals surface area contributed by atoms with E-state index in [4.69, 9.17) is 0 Å². The molecule has 6 rings (SSSR count). The Bertz CT molecular complexity index is 2400. The lowest BCUT2D eigenvalue weighted by molar-refractivity contribution is -0.438. The fraction of sp³-hybridized carbons (Fsp3) is 0.491. The summed E-state index contributed by atoms with van der Waals surface area (Å²) < 4.78 is 34.6. The summed E-state index contributed by atoms with van der Waals surface area (Å²) in [7, 11) is -3.99. The Morgan fingerprint density at radius 1 is 0.571 bits per heavy atom. The number of hydrogen-bond donors (Lipinski definition) is 1. The van der Waals surface area contributed by atoms with Crippen LogP contribution in [0.4, 0.5) is 11.4 Å². The number of fused-ring (bicyclic) bond motifs is 6. The van der Waals surface area contributed by atoms with E-state index < -0.39 is 10.1 Å². The molecule has 338 valence electrons. The molecule has 4 aromatic carbocycles. The Morgan fingerprint density at radius 2 is 1.10 bits per heavy atom. The SMILES string of the molecule is CCCCCCCCCCCCCCCCCCN1/C(=C/C=C/C=C/C=C/C2=[N+](CCCCS(=O)(=O)O)c3ccc4ccccc4c3C2(C)C)C(C)(C)c2c1ccc1ccccc21. The molecule has 0 atom stereocenters. The van der Waals surface area contributed by atoms with E-state index in [0.717, 1.165) is 12.2 Å². The molecule has 0 bridgehead atoms. The van der Waals surface area contributed by atoms with Crippen LogP contribution in [0.2, 0.25) is 0 Å². The van der Waals surface area contributed by atoms with Gasteiger partial charge in [-0.2, -0.15) is 13.0 Å². The first-order valence-corrected chi connectivity index (χ1v) is 26.2. The lowest BCUT2D eigenvalue weighted by atomic mass is 9.79. The maximum Gasteiger partial charge on any atom is 0.264 e. The Balaban J connectivity index is 1.08. The lowest BCUT2D eigenvalue weighted by Gasteiger charge is -2.27. The highest BCUT2D eigenvalue weighted by Crippen LogP contribution is 2.51. The van der Waals surface area contributed by atoms with Gasteiger partial charge in [-0.05, 0) is 72.0 Å². The van der Waals surface area contributed by atoms with E-state index in [-0.39, 0.29) is 16.6 Å². The van der Waals surface area contributed by atoms with Crippen LogP contribution in [0, 0.1) is 0 Å². The van der Waals surface area contributed by atoms with Gasteiger partial charge in [0.1, 0.15) is 6.54 Å². The third kappa shape index (κ3) is 12.5. The largest absolute Gasteiger partial charge is 0.344 e. The monoisotopic (exact) mass is 870 g/mol. The molecule has 0 unspecified atom stereocenters. The van der Waals surface area contributed by atoms with E-state index in [1.807, 2.05) is 0 Å². The molecule has 2 heterocycles. The van der Waals surface area contributed by atoms with Gasteiger partial charge in [-0.3, -0.25) is 4.55 Å². The van der Waals surface area contributed by atoms with Crippen molar-refractivity contribution >= 4 is 48.7 Å². The van der Waals surface area contributed by atoms with Gasteiger partial charge in [0.05, 0.1) is 11.2 Å². The number of nitrogens with zero attached hydrogens (tertiary/aromatic N) is 2. The molecule has 0 spiro atoms. The topological polar surface area (TPSA) is 60.6 Å². The summed E-state index contributed by atoms with van der Waals surface area (Å²) in [5, 5.41) is 5.11. The summed E-state index contributed by atoms with van der Waals surface area (Å²) >= 11 is 0. The van der Waals surface area contributed by atoms with Crippen LogP contribution in [0.1, 0.15) is 161 Å². The molecule has 0 fully saturated rings. The Hall–Kier alpha value is -4.26. The molecule has 4 aromatic rings. The summed E-state index contributed by atoms with van der Waals surface area (Å²) in [5.41, 5.74) is 7.39. The zero-order valence-electron chi connectivity index (χ0n) is 39.4. The molecule has 0 radical (unpaired) electrons. The summed E-state index contributed by atoms with van der Waals surface area (Å²) in [4.78, 5) is 2.60. The molecule has 2 aliphatic heterocycles. The molecule has 0 aromatic heterocycles. The second-order valence-electron chi connectivity index (χ2n) is 19.3. The minimum Gasteiger partial charge on any atom is -0.344 e. The number of rotatable bonds is 26. The number of benzene rings is 4. The summed E-state index contributed by atoms with van der Waals surface area (Å²) in [5.74, 6) is -0.220. The average molecular weight is 870 g/mol. The van der Waals surface area contributed by atoms with E-state index in [0.29, 0.717) is 19.4 Å². The Labute approximate surface area is 381 Å². The predicted molar refractivity (Wildman–Crippen MR) is 272 cm³/mol. The fourth-order valence-electron chi connectivity index (χ4n) is 10.4. The zero-order valence-corrected chi connectivity index (χ0v) is 40.2. The maximum atomic E-state index is 11.5. The van der Waals surface area contributed by atoms with Crippen LogP contribution in [0.25, 0.3) is 21.5 Å². The van der Waals surface area contributed by atoms with Crippen molar-refractivity contribution in [2.75, 3.05) is 23.7 Å². The van der Waals surface area contributed by atoms with Crippen molar-refractivity contribution in [3.8, 4) is 0 Å². The number of allylic oxidation sites excluding steroid dienone is 8. The van der Waals surface area contributed by atoms with Gasteiger partial charge in [0.15, 0.2) is 5.71 Å². The van der Waals surface area contributed by atoms with Gasteiger partial charge in [-0.15, -0.1) is 0 Å². The van der Waals surface area contributed by atoms with E-state index in [2.05, 4.69) is 159 Å². The van der Waals surface area contributed by atoms with Crippen LogP contribution < -0.4 is 4.90 Å². The van der Waals surface area contributed by atoms with Crippen molar-refractivity contribution in [1.82, 2.24) is 0 Å². The quantitative estimate of drug-likeness (QED) is 0.0296. The molecule has 0 amide bonds. The van der Waals surface area contributed by atoms with Crippen molar-refractivity contribution in [1.29, 1.82) is 0 Å². The fourth-order valence-corrected chi connectivity index (χ4v) is 11.0. The Morgan fingerprint density at radius 3 is 1.70 bits per heavy atom. The smallest absolute Gasteiger partial charge is 0.264 e. The van der Waals surface area contributed by atoms with Crippen molar-refractivity contribution in [2.45, 2.75) is 161 Å². The van der Waals surface area contributed by atoms with Crippen molar-refractivity contribution in [3.63, 3.8) is 0 Å². The molecular formula is C57H77N2O3S+. The normalized spacial score (nSPS) is 16.6. The number of anilines is 1. The first-order chi connectivity index (χ1) is 30.4. The average Bonchev–Trinajstić information content (AvgIpc) is 3.62. The van der Waals surface area contributed by atoms with Gasteiger partial charge < -0.3 is 4.90 Å². The zero-order chi connectivity index (χ0) is 44.7. The third-order valence-electron chi connectivity index (χ3n) is 13.7. The predicted octanol–water partition coefficient (Wildman–Crippen LogP) is 15.6. The number of hydrogen-bond acceptors (Lipinski definition) is 3. The van der Waals surface area contributed by atoms with Crippen molar-refractivity contribution < 1.29 is 17.5 Å². The highest BCUT2D eigenvalue weighted by molar-refractivity contribution is 7.85. The van der Waals surface area contributed by atoms with E-state index in [9.17, 15) is 13.0 Å². The lowest BCUT2D eigenvalue weighted by Crippen LogP contribution is -2.28. The molecule has 1 N–H and O–H groups in total. The highest BCUT2D eigenvalue weighted by atomic mass is 32.2. The molecule has 0 saturated carbocycles. The van der Waals surface area contributed by atoms with E-state index in [1.165, 1.54) is 153 Å². The molecule has 0 aliphatic carbocycles. The van der Waals surface area contributed by atoms with Crippen LogP contribution in [-0.4, -0.2) is 42.1 Å². The van der Waals surface area contributed by atoms with Crippen LogP contribution in [0.3, 0.4) is 0 Å². The van der Waals surface area contributed by atoms with Crippen LogP contribution in [-0.2, 0) is 20.9 Å². The molecule has 63 heavy (non-hydrogen) atoms. The molecule has 6 heteroatoms. The molecular weight excluding hydrogens is 793 g/mol. The van der Waals surface area contributed by atoms with E-state index >= 15 is 0 Å². The van der Waals surface area contributed by atoms with Gasteiger partial charge in [0.2, 0.25) is 5.69 Å². The van der Waals surface area contributed by atoms with Crippen LogP contribution in [0.5, 0.6) is 0 Å². The second-order valence-corrected chi connectivity index (χ2v) is 20.8. The Kier molecular flexibility index (Phi) is 17.7. The van der Waals surface area contributed by atoms with Crippen LogP contribution in [0.15, 0.2) is 121 Å². The van der Waals surface area contributed by atoms with Crippen LogP contribution >= 0.6 is 0 Å². The minimum absolute atomic E-state index is 0.131.